The van der Waals surface area contributed by atoms with E-state index in [4.69, 9.17) is 0 Å². The first-order chi connectivity index (χ1) is 16.4. The number of pyridine rings is 1. The highest BCUT2D eigenvalue weighted by atomic mass is 14.9. The molecule has 0 radical (unpaired) electrons. The summed E-state index contributed by atoms with van der Waals surface area (Å²) in [5.41, 5.74) is 1.55. The molecule has 0 spiro atoms. The van der Waals surface area contributed by atoms with E-state index in [2.05, 4.69) is 42.8 Å². The molecule has 1 aromatic rings. The maximum atomic E-state index is 2.53. The lowest BCUT2D eigenvalue weighted by Gasteiger charge is -2.05. The van der Waals surface area contributed by atoms with Gasteiger partial charge in [0.05, 0.1) is 0 Å². The van der Waals surface area contributed by atoms with Crippen LogP contribution < -0.4 is 4.57 Å². The summed E-state index contributed by atoms with van der Waals surface area (Å²) in [5.74, 6) is 0. The van der Waals surface area contributed by atoms with Crippen LogP contribution in [0.2, 0.25) is 0 Å². The van der Waals surface area contributed by atoms with Gasteiger partial charge in [-0.15, -0.1) is 0 Å². The van der Waals surface area contributed by atoms with Crippen LogP contribution in [0.5, 0.6) is 0 Å². The molecule has 0 aromatic carbocycles. The van der Waals surface area contributed by atoms with Crippen molar-refractivity contribution in [1.29, 1.82) is 0 Å². The van der Waals surface area contributed by atoms with Crippen molar-refractivity contribution < 1.29 is 4.57 Å². The molecule has 0 aliphatic carbocycles. The molecule has 1 heterocycles. The maximum Gasteiger partial charge on any atom is 0.181 e. The van der Waals surface area contributed by atoms with Gasteiger partial charge in [-0.2, -0.15) is 0 Å². The average Bonchev–Trinajstić information content (AvgIpc) is 2.84. The molecule has 0 saturated heterocycles. The molecule has 192 valence electrons. The van der Waals surface area contributed by atoms with E-state index < -0.39 is 0 Å². The zero-order chi connectivity index (χ0) is 23.7. The van der Waals surface area contributed by atoms with E-state index in [0.717, 1.165) is 0 Å². The summed E-state index contributed by atoms with van der Waals surface area (Å²) in [7, 11) is 0. The minimum Gasteiger partial charge on any atom is -0.202 e. The van der Waals surface area contributed by atoms with Gasteiger partial charge >= 0.3 is 0 Å². The van der Waals surface area contributed by atoms with Crippen LogP contribution in [-0.2, 0) is 13.0 Å². The maximum absolute atomic E-state index is 2.53. The Morgan fingerprint density at radius 3 is 1.30 bits per heavy atom. The third kappa shape index (κ3) is 19.2. The Kier molecular flexibility index (Phi) is 22.2. The molecule has 0 aliphatic rings. The van der Waals surface area contributed by atoms with Gasteiger partial charge in [0.1, 0.15) is 6.54 Å². The van der Waals surface area contributed by atoms with Gasteiger partial charge in [0.2, 0.25) is 0 Å². The van der Waals surface area contributed by atoms with E-state index >= 15 is 0 Å². The van der Waals surface area contributed by atoms with Gasteiger partial charge in [0.15, 0.2) is 11.9 Å². The molecular weight excluding hydrogens is 398 g/mol. The van der Waals surface area contributed by atoms with Crippen molar-refractivity contribution in [3.63, 3.8) is 0 Å². The third-order valence-electron chi connectivity index (χ3n) is 7.32. The first kappa shape index (κ1) is 30.2. The normalized spacial score (nSPS) is 11.3. The minimum atomic E-state index is 1.21. The van der Waals surface area contributed by atoms with E-state index in [1.165, 1.54) is 161 Å². The Bertz CT molecular complexity index is 509. The predicted molar refractivity (Wildman–Crippen MR) is 148 cm³/mol. The van der Waals surface area contributed by atoms with E-state index in [-0.39, 0.29) is 0 Å². The molecule has 1 aromatic heterocycles. The molecule has 0 atom stereocenters. The Labute approximate surface area is 209 Å². The molecule has 0 amide bonds. The van der Waals surface area contributed by atoms with Crippen LogP contribution in [0.25, 0.3) is 0 Å². The van der Waals surface area contributed by atoms with Gasteiger partial charge in [0, 0.05) is 25.0 Å². The number of hydrogen-bond donors (Lipinski definition) is 0. The van der Waals surface area contributed by atoms with Crippen LogP contribution >= 0.6 is 0 Å². The van der Waals surface area contributed by atoms with Crippen LogP contribution in [0, 0.1) is 0 Å². The van der Waals surface area contributed by atoms with Gasteiger partial charge in [-0.1, -0.05) is 148 Å². The van der Waals surface area contributed by atoms with Gasteiger partial charge in [-0.3, -0.25) is 0 Å². The molecule has 0 saturated carbocycles. The smallest absolute Gasteiger partial charge is 0.181 e. The lowest BCUT2D eigenvalue weighted by atomic mass is 10.0. The Hall–Kier alpha value is -0.850. The summed E-state index contributed by atoms with van der Waals surface area (Å²) in [6.07, 6.45) is 36.5. The zero-order valence-corrected chi connectivity index (χ0v) is 22.9. The highest BCUT2D eigenvalue weighted by Crippen LogP contribution is 2.13. The molecule has 0 fully saturated rings. The Morgan fingerprint density at radius 1 is 0.455 bits per heavy atom. The standard InChI is InChI=1S/C32H60N/c1-3-5-7-9-11-13-14-15-16-17-19-21-23-26-30-33-31-27-25-29-32(33)28-24-22-20-18-12-10-8-6-4-2/h25,27,29,31H,3-24,26,28,30H2,1-2H3/q+1. The summed E-state index contributed by atoms with van der Waals surface area (Å²) in [5, 5.41) is 0. The van der Waals surface area contributed by atoms with Crippen molar-refractivity contribution in [3.05, 3.63) is 30.1 Å². The van der Waals surface area contributed by atoms with Crippen molar-refractivity contribution in [2.24, 2.45) is 0 Å². The number of aryl methyl sites for hydroxylation is 2. The minimum absolute atomic E-state index is 1.21. The fraction of sp³-hybridized carbons (Fsp3) is 0.844. The average molecular weight is 459 g/mol. The molecule has 0 bridgehead atoms. The molecule has 1 nitrogen and oxygen atoms in total. The number of unbranched alkanes of at least 4 members (excludes halogenated alkanes) is 21. The second-order valence-corrected chi connectivity index (χ2v) is 10.6. The van der Waals surface area contributed by atoms with Gasteiger partial charge in [0.25, 0.3) is 0 Å². The van der Waals surface area contributed by atoms with Crippen LogP contribution in [0.4, 0.5) is 0 Å². The third-order valence-corrected chi connectivity index (χ3v) is 7.32. The summed E-state index contributed by atoms with van der Waals surface area (Å²) in [6, 6.07) is 6.79. The first-order valence-electron chi connectivity index (χ1n) is 15.4. The lowest BCUT2D eigenvalue weighted by molar-refractivity contribution is -0.704. The summed E-state index contributed by atoms with van der Waals surface area (Å²) in [6.45, 7) is 5.82. The number of nitrogens with zero attached hydrogens (tertiary/aromatic N) is 1. The van der Waals surface area contributed by atoms with Crippen LogP contribution in [0.15, 0.2) is 24.4 Å². The molecule has 0 unspecified atom stereocenters. The quantitative estimate of drug-likeness (QED) is 0.101. The molecule has 33 heavy (non-hydrogen) atoms. The SMILES string of the molecule is CCCCCCCCCCCCCCCC[n+]1ccccc1CCCCCCCCCCC. The van der Waals surface area contributed by atoms with Gasteiger partial charge in [-0.25, -0.2) is 4.57 Å². The molecule has 1 rings (SSSR count). The van der Waals surface area contributed by atoms with Crippen molar-refractivity contribution in [3.8, 4) is 0 Å². The van der Waals surface area contributed by atoms with E-state index in [1.54, 1.807) is 5.69 Å². The van der Waals surface area contributed by atoms with Gasteiger partial charge < -0.3 is 0 Å². The topological polar surface area (TPSA) is 3.88 Å². The van der Waals surface area contributed by atoms with Crippen LogP contribution in [0.3, 0.4) is 0 Å². The fourth-order valence-corrected chi connectivity index (χ4v) is 5.05. The molecular formula is C32H60N+. The van der Waals surface area contributed by atoms with Gasteiger partial charge in [-0.05, 0) is 12.8 Å². The van der Waals surface area contributed by atoms with Crippen molar-refractivity contribution in [1.82, 2.24) is 0 Å². The summed E-state index contributed by atoms with van der Waals surface area (Å²) >= 11 is 0. The van der Waals surface area contributed by atoms with E-state index in [9.17, 15) is 0 Å². The highest BCUT2D eigenvalue weighted by molar-refractivity contribution is 4.97. The van der Waals surface area contributed by atoms with Crippen molar-refractivity contribution >= 4 is 0 Å². The number of hydrogen-bond acceptors (Lipinski definition) is 0. The number of aromatic nitrogens is 1. The molecule has 0 N–H and O–H groups in total. The monoisotopic (exact) mass is 458 g/mol. The second-order valence-electron chi connectivity index (χ2n) is 10.6. The zero-order valence-electron chi connectivity index (χ0n) is 22.9. The summed E-state index contributed by atoms with van der Waals surface area (Å²) < 4.78 is 2.53. The number of rotatable bonds is 25. The first-order valence-corrected chi connectivity index (χ1v) is 15.4. The van der Waals surface area contributed by atoms with Crippen molar-refractivity contribution in [2.75, 3.05) is 0 Å². The summed E-state index contributed by atoms with van der Waals surface area (Å²) in [4.78, 5) is 0. The Morgan fingerprint density at radius 2 is 0.848 bits per heavy atom. The lowest BCUT2D eigenvalue weighted by Crippen LogP contribution is -2.37. The van der Waals surface area contributed by atoms with Crippen LogP contribution in [-0.4, -0.2) is 0 Å². The second kappa shape index (κ2) is 24.3. The fourth-order valence-electron chi connectivity index (χ4n) is 5.05. The predicted octanol–water partition coefficient (Wildman–Crippen LogP) is 10.5. The largest absolute Gasteiger partial charge is 0.202 e. The molecule has 1 heteroatoms. The van der Waals surface area contributed by atoms with Crippen LogP contribution in [0.1, 0.15) is 167 Å². The Balaban J connectivity index is 1.96. The van der Waals surface area contributed by atoms with Crippen molar-refractivity contribution in [2.45, 2.75) is 174 Å². The van der Waals surface area contributed by atoms with E-state index in [1.807, 2.05) is 0 Å². The molecule has 0 aliphatic heterocycles. The van der Waals surface area contributed by atoms with E-state index in [0.29, 0.717) is 0 Å². The highest BCUT2D eigenvalue weighted by Gasteiger charge is 2.08.